The minimum absolute atomic E-state index is 1.34. The van der Waals surface area contributed by atoms with Crippen molar-refractivity contribution >= 4 is 21.8 Å². The van der Waals surface area contributed by atoms with Crippen molar-refractivity contribution in [2.45, 2.75) is 0 Å². The number of hydrogen-bond acceptors (Lipinski definition) is 5. The van der Waals surface area contributed by atoms with Gasteiger partial charge < -0.3 is 0 Å². The van der Waals surface area contributed by atoms with Gasteiger partial charge in [-0.25, -0.2) is 16.8 Å². The fraction of sp³-hybridized carbons (Fsp3) is 0. The molecule has 56 valence electrons. The fourth-order valence-electron chi connectivity index (χ4n) is 0.0949. The van der Waals surface area contributed by atoms with E-state index in [1.807, 2.05) is 0 Å². The third-order valence-electron chi connectivity index (χ3n) is 0.240. The average Bonchev–Trinajstić information content (AvgIpc) is 1.63. The zero-order chi connectivity index (χ0) is 7.28. The summed E-state index contributed by atoms with van der Waals surface area (Å²) < 4.78 is 38.2. The van der Waals surface area contributed by atoms with E-state index in [0.717, 1.165) is 0 Å². The van der Waals surface area contributed by atoms with Crippen LogP contribution in [0, 0.1) is 0 Å². The van der Waals surface area contributed by atoms with Crippen molar-refractivity contribution in [1.82, 2.24) is 9.77 Å². The van der Waals surface area contributed by atoms with E-state index in [4.69, 9.17) is 0 Å². The van der Waals surface area contributed by atoms with Crippen LogP contribution in [-0.4, -0.2) is 16.8 Å². The van der Waals surface area contributed by atoms with Crippen molar-refractivity contribution in [1.29, 1.82) is 0 Å². The Hall–Kier alpha value is -0.220. The van der Waals surface area contributed by atoms with Gasteiger partial charge >= 0.3 is 0 Å². The van der Waals surface area contributed by atoms with Gasteiger partial charge in [0.2, 0.25) is 21.8 Å². The largest absolute Gasteiger partial charge is 0.225 e. The Balaban J connectivity index is 3.31. The van der Waals surface area contributed by atoms with Gasteiger partial charge in [-0.2, -0.15) is 4.94 Å². The second kappa shape index (κ2) is 4.64. The Kier molecular flexibility index (Phi) is 4.53. The topological polar surface area (TPSA) is 102 Å². The van der Waals surface area contributed by atoms with Crippen LogP contribution in [0.2, 0.25) is 0 Å². The molecule has 0 spiro atoms. The molecule has 0 heterocycles. The first-order chi connectivity index (χ1) is 4.13. The first kappa shape index (κ1) is 8.78. The molecular weight excluding hydrogens is 172 g/mol. The molecule has 0 amide bonds. The molecule has 0 aromatic rings. The summed E-state index contributed by atoms with van der Waals surface area (Å²) in [6.07, 6.45) is 0. The van der Waals surface area contributed by atoms with E-state index in [2.05, 4.69) is 4.94 Å². The zero-order valence-electron chi connectivity index (χ0n) is 3.94. The highest BCUT2D eigenvalue weighted by atomic mass is 32.2. The number of thiol groups is 2. The van der Waals surface area contributed by atoms with Crippen LogP contribution in [0.5, 0.6) is 0 Å². The minimum Gasteiger partial charge on any atom is -0.213 e. The summed E-state index contributed by atoms with van der Waals surface area (Å²) in [6.45, 7) is 0. The highest BCUT2D eigenvalue weighted by molar-refractivity contribution is 7.70. The van der Waals surface area contributed by atoms with Crippen molar-refractivity contribution in [2.24, 2.45) is 0 Å². The number of rotatable bonds is 4. The maximum atomic E-state index is 9.54. The smallest absolute Gasteiger partial charge is 0.213 e. The molecule has 2 N–H and O–H groups in total. The van der Waals surface area contributed by atoms with Crippen molar-refractivity contribution in [2.75, 3.05) is 0 Å². The lowest BCUT2D eigenvalue weighted by molar-refractivity contribution is 0.0580. The number of hydrogen-bond donors (Lipinski definition) is 4. The van der Waals surface area contributed by atoms with Crippen LogP contribution in [0.3, 0.4) is 0 Å². The molecule has 0 radical (unpaired) electrons. The van der Waals surface area contributed by atoms with Crippen molar-refractivity contribution in [3.8, 4) is 0 Å². The Morgan fingerprint density at radius 2 is 1.22 bits per heavy atom. The third kappa shape index (κ3) is 7.78. The lowest BCUT2D eigenvalue weighted by Crippen LogP contribution is -2.23. The monoisotopic (exact) mass is 176 g/mol. The summed E-state index contributed by atoms with van der Waals surface area (Å²) in [5.41, 5.74) is 0. The molecule has 0 atom stereocenters. The number of nitrogens with one attached hydrogen (secondary N) is 2. The summed E-state index contributed by atoms with van der Waals surface area (Å²) >= 11 is 0. The Bertz CT molecular complexity index is 163. The lowest BCUT2D eigenvalue weighted by atomic mass is 13.2. The second-order valence-corrected chi connectivity index (χ2v) is 2.19. The molecule has 9 heteroatoms. The highest BCUT2D eigenvalue weighted by Crippen LogP contribution is 1.54. The van der Waals surface area contributed by atoms with Gasteiger partial charge in [-0.1, -0.05) is 9.77 Å². The van der Waals surface area contributed by atoms with Gasteiger partial charge in [-0.15, -0.1) is 0 Å². The van der Waals surface area contributed by atoms with E-state index in [-0.39, 0.29) is 0 Å². The van der Waals surface area contributed by atoms with Crippen LogP contribution in [0.25, 0.3) is 0 Å². The molecule has 0 aliphatic carbocycles. The van der Waals surface area contributed by atoms with Crippen LogP contribution in [-0.2, 0) is 26.7 Å². The van der Waals surface area contributed by atoms with E-state index < -0.39 is 21.8 Å². The molecule has 0 bridgehead atoms. The normalized spacial score (nSPS) is 10.9. The summed E-state index contributed by atoms with van der Waals surface area (Å²) in [4.78, 5) is 6.34. The standard InChI is InChI=1S/H4N2O5S2/c3-8(4)1-7-2-9(5)6/h8-9H,(H,1,3,4)(H,2,5,6). The molecule has 0 aliphatic heterocycles. The van der Waals surface area contributed by atoms with Crippen molar-refractivity contribution in [3.63, 3.8) is 0 Å². The molecular formula is H4N2O5S2. The lowest BCUT2D eigenvalue weighted by Gasteiger charge is -1.90. The molecule has 0 rings (SSSR count). The minimum atomic E-state index is -2.93. The van der Waals surface area contributed by atoms with Crippen LogP contribution < -0.4 is 9.77 Å². The van der Waals surface area contributed by atoms with Gasteiger partial charge in [0.1, 0.15) is 0 Å². The quantitative estimate of drug-likeness (QED) is 0.271. The van der Waals surface area contributed by atoms with Gasteiger partial charge in [0.05, 0.1) is 0 Å². The summed E-state index contributed by atoms with van der Waals surface area (Å²) in [5.74, 6) is 0. The predicted octanol–water partition coefficient (Wildman–Crippen LogP) is -2.94. The Morgan fingerprint density at radius 3 is 1.44 bits per heavy atom. The molecule has 0 unspecified atom stereocenters. The second-order valence-electron chi connectivity index (χ2n) is 0.799. The maximum Gasteiger partial charge on any atom is 0.225 e. The van der Waals surface area contributed by atoms with Gasteiger partial charge in [0.25, 0.3) is 0 Å². The van der Waals surface area contributed by atoms with Crippen LogP contribution in [0.1, 0.15) is 0 Å². The molecule has 0 fully saturated rings. The average molecular weight is 176 g/mol. The molecule has 0 aromatic carbocycles. The summed E-state index contributed by atoms with van der Waals surface area (Å²) in [6, 6.07) is 0. The Morgan fingerprint density at radius 1 is 0.889 bits per heavy atom. The third-order valence-corrected chi connectivity index (χ3v) is 0.721. The van der Waals surface area contributed by atoms with Gasteiger partial charge in [0.15, 0.2) is 0 Å². The summed E-state index contributed by atoms with van der Waals surface area (Å²) in [7, 11) is -5.87. The Labute approximate surface area is 54.1 Å². The first-order valence-corrected chi connectivity index (χ1v) is 3.94. The van der Waals surface area contributed by atoms with Crippen molar-refractivity contribution in [3.05, 3.63) is 0 Å². The molecule has 7 nitrogen and oxygen atoms in total. The fourth-order valence-corrected chi connectivity index (χ4v) is 0.407. The highest BCUT2D eigenvalue weighted by Gasteiger charge is 1.83. The maximum absolute atomic E-state index is 9.54. The van der Waals surface area contributed by atoms with Crippen molar-refractivity contribution < 1.29 is 21.8 Å². The van der Waals surface area contributed by atoms with E-state index in [9.17, 15) is 16.8 Å². The first-order valence-electron chi connectivity index (χ1n) is 1.59. The predicted molar refractivity (Wildman–Crippen MR) is 28.0 cm³/mol. The molecule has 0 saturated heterocycles. The van der Waals surface area contributed by atoms with Gasteiger partial charge in [-0.05, 0) is 0 Å². The summed E-state index contributed by atoms with van der Waals surface area (Å²) in [5, 5.41) is 0. The van der Waals surface area contributed by atoms with Crippen LogP contribution in [0.15, 0.2) is 0 Å². The molecule has 0 aliphatic rings. The van der Waals surface area contributed by atoms with Gasteiger partial charge in [0, 0.05) is 0 Å². The molecule has 9 heavy (non-hydrogen) atoms. The van der Waals surface area contributed by atoms with Crippen LogP contribution in [0.4, 0.5) is 0 Å². The van der Waals surface area contributed by atoms with E-state index in [1.54, 1.807) is 0 Å². The van der Waals surface area contributed by atoms with Gasteiger partial charge in [-0.3, -0.25) is 0 Å². The SMILES string of the molecule is O=[SH](=O)NON[SH](=O)=O. The van der Waals surface area contributed by atoms with Crippen LogP contribution >= 0.6 is 0 Å². The zero-order valence-corrected chi connectivity index (χ0v) is 5.72. The van der Waals surface area contributed by atoms with E-state index in [1.165, 1.54) is 9.77 Å². The molecule has 0 aromatic heterocycles. The van der Waals surface area contributed by atoms with E-state index in [0.29, 0.717) is 0 Å². The molecule has 0 saturated carbocycles. The van der Waals surface area contributed by atoms with E-state index >= 15 is 0 Å².